The second-order valence-corrected chi connectivity index (χ2v) is 23.3. The average molecular weight is 1290 g/mol. The number of ether oxygens (including phenoxy) is 1. The number of fused-ring (bicyclic) bond motifs is 8. The molecule has 94 heavy (non-hydrogen) atoms. The van der Waals surface area contributed by atoms with Crippen LogP contribution in [0.25, 0.3) is 133 Å². The Labute approximate surface area is 559 Å². The number of halogens is 3. The van der Waals surface area contributed by atoms with Crippen molar-refractivity contribution in [1.82, 2.24) is 39.0 Å². The number of para-hydroxylation sites is 4. The quantitative estimate of drug-likeness (QED) is 0.142. The standard InChI is InChI=1S/C37H23ClN4.C27H17ClN4.C10H8BClO2.C4H8O.CH4/c38-32-21-20-30(27-15-7-8-16-28(27)32)37-40-35(24-11-3-1-4-12-24)39-36(41-37)25-19-22-34-31(23-25)29-17-9-10-18-33(29)42(34)26-13-5-2-6-14-26;28-27-30-25(18-9-3-1-4-10-18)29-26(31-27)19-15-16-24-22(17-19)21-13-7-8-14-23(21)32(24)20-11-5-2-6-12-20;12-10-6-5-9(11(13)14)7-3-1-2-4-8(7)10;1-2-4-5-3-1;/h1-23H;1-17H;1-6,13-14H;1-4H2;1H4. The molecule has 15 heteroatoms. The van der Waals surface area contributed by atoms with Crippen LogP contribution in [0.4, 0.5) is 0 Å². The van der Waals surface area contributed by atoms with E-state index in [0.717, 1.165) is 107 Å². The average Bonchev–Trinajstić information content (AvgIpc) is 1.57. The van der Waals surface area contributed by atoms with Crippen LogP contribution in [0.3, 0.4) is 0 Å². The molecule has 1 aliphatic rings. The first-order chi connectivity index (χ1) is 45.7. The highest BCUT2D eigenvalue weighted by Gasteiger charge is 2.20. The zero-order valence-corrected chi connectivity index (χ0v) is 52.2. The van der Waals surface area contributed by atoms with Gasteiger partial charge in [0.05, 0.1) is 22.1 Å². The molecule has 0 unspecified atom stereocenters. The Morgan fingerprint density at radius 1 is 0.319 bits per heavy atom. The number of hydrogen-bond donors (Lipinski definition) is 2. The van der Waals surface area contributed by atoms with E-state index in [-0.39, 0.29) is 12.7 Å². The highest BCUT2D eigenvalue weighted by molar-refractivity contribution is 6.62. The maximum absolute atomic E-state index is 9.13. The lowest BCUT2D eigenvalue weighted by molar-refractivity contribution is 0.198. The third-order valence-electron chi connectivity index (χ3n) is 16.3. The second kappa shape index (κ2) is 28.2. The molecule has 1 fully saturated rings. The minimum atomic E-state index is -1.46. The Hall–Kier alpha value is -10.4. The summed E-state index contributed by atoms with van der Waals surface area (Å²) in [6.07, 6.45) is 2.56. The van der Waals surface area contributed by atoms with Crippen LogP contribution >= 0.6 is 34.8 Å². The molecule has 17 rings (SSSR count). The van der Waals surface area contributed by atoms with E-state index in [1.807, 2.05) is 133 Å². The smallest absolute Gasteiger partial charge is 0.423 e. The van der Waals surface area contributed by atoms with Crippen LogP contribution in [0.5, 0.6) is 0 Å². The van der Waals surface area contributed by atoms with Gasteiger partial charge in [0, 0.05) is 89.4 Å². The molecule has 1 saturated heterocycles. The molecule has 0 atom stereocenters. The molecule has 0 amide bonds. The van der Waals surface area contributed by atoms with Crippen LogP contribution in [-0.4, -0.2) is 69.4 Å². The molecule has 12 aromatic carbocycles. The van der Waals surface area contributed by atoms with Gasteiger partial charge < -0.3 is 23.9 Å². The summed E-state index contributed by atoms with van der Waals surface area (Å²) in [5.41, 5.74) is 11.9. The van der Waals surface area contributed by atoms with Crippen molar-refractivity contribution in [2.24, 2.45) is 0 Å². The third-order valence-corrected chi connectivity index (χ3v) is 17.1. The lowest BCUT2D eigenvalue weighted by Gasteiger charge is -2.11. The Morgan fingerprint density at radius 3 is 1.15 bits per heavy atom. The Balaban J connectivity index is 0.000000135. The molecule has 458 valence electrons. The van der Waals surface area contributed by atoms with Crippen LogP contribution < -0.4 is 5.46 Å². The van der Waals surface area contributed by atoms with E-state index in [0.29, 0.717) is 44.6 Å². The summed E-state index contributed by atoms with van der Waals surface area (Å²) >= 11 is 18.8. The van der Waals surface area contributed by atoms with Gasteiger partial charge in [0.2, 0.25) is 5.28 Å². The van der Waals surface area contributed by atoms with Gasteiger partial charge in [0.15, 0.2) is 29.1 Å². The molecule has 4 aromatic heterocycles. The van der Waals surface area contributed by atoms with E-state index in [4.69, 9.17) is 69.5 Å². The molecule has 0 radical (unpaired) electrons. The van der Waals surface area contributed by atoms with Gasteiger partial charge in [0.25, 0.3) is 0 Å². The van der Waals surface area contributed by atoms with Gasteiger partial charge in [-0.05, 0) is 137 Å². The monoisotopic (exact) mass is 1280 g/mol. The van der Waals surface area contributed by atoms with E-state index in [1.54, 1.807) is 12.1 Å². The Bertz CT molecular complexity index is 5340. The topological polar surface area (TPSA) is 137 Å². The maximum Gasteiger partial charge on any atom is 0.489 e. The molecular weight excluding hydrogens is 1230 g/mol. The fraction of sp³-hybridized carbons (Fsp3) is 0.0633. The van der Waals surface area contributed by atoms with Crippen LogP contribution in [0.2, 0.25) is 15.3 Å². The summed E-state index contributed by atoms with van der Waals surface area (Å²) in [5, 5.41) is 28.0. The summed E-state index contributed by atoms with van der Waals surface area (Å²) < 4.78 is 9.53. The lowest BCUT2D eigenvalue weighted by atomic mass is 9.77. The van der Waals surface area contributed by atoms with E-state index in [9.17, 15) is 0 Å². The van der Waals surface area contributed by atoms with Crippen LogP contribution in [0.1, 0.15) is 20.3 Å². The van der Waals surface area contributed by atoms with Crippen molar-refractivity contribution in [3.63, 3.8) is 0 Å². The maximum atomic E-state index is 9.13. The first kappa shape index (κ1) is 62.4. The molecule has 0 aliphatic carbocycles. The van der Waals surface area contributed by atoms with Gasteiger partial charge >= 0.3 is 7.12 Å². The first-order valence-electron chi connectivity index (χ1n) is 30.5. The van der Waals surface area contributed by atoms with Crippen molar-refractivity contribution in [2.75, 3.05) is 13.2 Å². The SMILES string of the molecule is C.C1CCOC1.Clc1ccc(-c2nc(-c3ccccc3)nc(-c3ccc4c(c3)c3ccccc3n4-c3ccccc3)n2)c2ccccc12.Clc1nc(-c2ccccc2)nc(-c2ccc3c(c2)c2ccccc2n3-c2ccccc2)n1.OB(O)c1ccc(Cl)c2ccccc12. The predicted molar refractivity (Wildman–Crippen MR) is 389 cm³/mol. The zero-order valence-electron chi connectivity index (χ0n) is 50.0. The summed E-state index contributed by atoms with van der Waals surface area (Å²) in [5.74, 6) is 2.98. The summed E-state index contributed by atoms with van der Waals surface area (Å²) in [7, 11) is -1.46. The van der Waals surface area contributed by atoms with Crippen molar-refractivity contribution < 1.29 is 14.8 Å². The van der Waals surface area contributed by atoms with E-state index in [1.165, 1.54) is 23.6 Å². The number of rotatable bonds is 8. The molecule has 5 heterocycles. The fourth-order valence-corrected chi connectivity index (χ4v) is 12.6. The minimum absolute atomic E-state index is 0. The van der Waals surface area contributed by atoms with Gasteiger partial charge in [-0.25, -0.2) is 19.9 Å². The Kier molecular flexibility index (Phi) is 18.7. The molecule has 0 spiro atoms. The minimum Gasteiger partial charge on any atom is -0.423 e. The van der Waals surface area contributed by atoms with Gasteiger partial charge in [-0.2, -0.15) is 9.97 Å². The van der Waals surface area contributed by atoms with Crippen molar-refractivity contribution in [3.05, 3.63) is 294 Å². The largest absolute Gasteiger partial charge is 0.489 e. The van der Waals surface area contributed by atoms with Gasteiger partial charge in [0.1, 0.15) is 0 Å². The second-order valence-electron chi connectivity index (χ2n) is 22.1. The van der Waals surface area contributed by atoms with E-state index < -0.39 is 7.12 Å². The summed E-state index contributed by atoms with van der Waals surface area (Å²) in [6, 6.07) is 93.1. The molecule has 16 aromatic rings. The lowest BCUT2D eigenvalue weighted by Crippen LogP contribution is -2.30. The number of benzene rings is 12. The number of aromatic nitrogens is 8. The first-order valence-corrected chi connectivity index (χ1v) is 31.6. The van der Waals surface area contributed by atoms with Crippen LogP contribution in [0.15, 0.2) is 279 Å². The van der Waals surface area contributed by atoms with Crippen molar-refractivity contribution >= 4 is 113 Å². The van der Waals surface area contributed by atoms with E-state index in [2.05, 4.69) is 153 Å². The molecule has 1 aliphatic heterocycles. The van der Waals surface area contributed by atoms with Crippen LogP contribution in [-0.2, 0) is 4.74 Å². The Morgan fingerprint density at radius 2 is 0.681 bits per heavy atom. The third kappa shape index (κ3) is 12.9. The predicted octanol–water partition coefficient (Wildman–Crippen LogP) is 19.3. The van der Waals surface area contributed by atoms with Crippen molar-refractivity contribution in [1.29, 1.82) is 0 Å². The molecule has 11 nitrogen and oxygen atoms in total. The van der Waals surface area contributed by atoms with E-state index >= 15 is 0 Å². The highest BCUT2D eigenvalue weighted by Crippen LogP contribution is 2.38. The fourth-order valence-electron chi connectivity index (χ4n) is 12.0. The zero-order chi connectivity index (χ0) is 63.2. The highest BCUT2D eigenvalue weighted by atomic mass is 35.5. The summed E-state index contributed by atoms with van der Waals surface area (Å²) in [4.78, 5) is 28.5. The molecule has 2 N–H and O–H groups in total. The van der Waals surface area contributed by atoms with Crippen molar-refractivity contribution in [3.8, 4) is 68.3 Å². The number of hydrogen-bond acceptors (Lipinski definition) is 9. The number of nitrogens with zero attached hydrogens (tertiary/aromatic N) is 8. The van der Waals surface area contributed by atoms with Crippen LogP contribution in [0, 0.1) is 0 Å². The molecular formula is C79H60BCl3N8O3. The normalized spacial score (nSPS) is 11.8. The van der Waals surface area contributed by atoms with Gasteiger partial charge in [-0.3, -0.25) is 0 Å². The molecule has 0 bridgehead atoms. The van der Waals surface area contributed by atoms with Gasteiger partial charge in [-0.1, -0.05) is 219 Å². The summed E-state index contributed by atoms with van der Waals surface area (Å²) in [6.45, 7) is 2.00. The molecule has 0 saturated carbocycles. The van der Waals surface area contributed by atoms with Crippen molar-refractivity contribution in [2.45, 2.75) is 20.3 Å². The van der Waals surface area contributed by atoms with Gasteiger partial charge in [-0.15, -0.1) is 0 Å².